The van der Waals surface area contributed by atoms with E-state index in [1.807, 2.05) is 35.2 Å². The molecule has 1 aliphatic heterocycles. The minimum absolute atomic E-state index is 0.0167. The second kappa shape index (κ2) is 12.3. The molecule has 3 fully saturated rings. The summed E-state index contributed by atoms with van der Waals surface area (Å²) in [6.07, 6.45) is 3.61. The van der Waals surface area contributed by atoms with Crippen LogP contribution in [0.3, 0.4) is 0 Å². The molecule has 2 amide bonds. The minimum atomic E-state index is -0.888. The Kier molecular flexibility index (Phi) is 8.14. The van der Waals surface area contributed by atoms with Crippen molar-refractivity contribution in [1.29, 1.82) is 0 Å². The Hall–Kier alpha value is -4.10. The third-order valence-electron chi connectivity index (χ3n) is 11.1. The van der Waals surface area contributed by atoms with Crippen LogP contribution in [0.2, 0.25) is 0 Å². The molecule has 0 unspecified atom stereocenters. The van der Waals surface area contributed by atoms with E-state index in [9.17, 15) is 9.59 Å². The van der Waals surface area contributed by atoms with Gasteiger partial charge in [0.2, 0.25) is 11.8 Å². The first-order valence-electron chi connectivity index (χ1n) is 16.9. The molecule has 7 nitrogen and oxygen atoms in total. The third-order valence-corrected chi connectivity index (χ3v) is 11.1. The van der Waals surface area contributed by atoms with Crippen molar-refractivity contribution in [3.8, 4) is 0 Å². The Bertz CT molecular complexity index is 1700. The van der Waals surface area contributed by atoms with Gasteiger partial charge in [0, 0.05) is 54.0 Å². The maximum atomic E-state index is 14.6. The molecule has 46 heavy (non-hydrogen) atoms. The van der Waals surface area contributed by atoms with Crippen LogP contribution in [-0.2, 0) is 20.9 Å². The van der Waals surface area contributed by atoms with Crippen molar-refractivity contribution < 1.29 is 14.3 Å². The molecular weight excluding hydrogens is 572 g/mol. The van der Waals surface area contributed by atoms with Crippen molar-refractivity contribution in [3.05, 3.63) is 95.7 Å². The van der Waals surface area contributed by atoms with Crippen LogP contribution >= 0.6 is 0 Å². The molecule has 2 heterocycles. The van der Waals surface area contributed by atoms with Gasteiger partial charge in [-0.3, -0.25) is 9.59 Å². The summed E-state index contributed by atoms with van der Waals surface area (Å²) in [6, 6.07) is 26.7. The lowest BCUT2D eigenvalue weighted by molar-refractivity contribution is -0.146. The molecule has 0 spiro atoms. The molecule has 3 aromatic carbocycles. The lowest BCUT2D eigenvalue weighted by atomic mass is 9.91. The predicted octanol–water partition coefficient (Wildman–Crippen LogP) is 7.42. The number of ether oxygens (including phenoxy) is 1. The number of rotatable bonds is 9. The number of hydrogen-bond acceptors (Lipinski definition) is 4. The Morgan fingerprint density at radius 3 is 2.33 bits per heavy atom. The molecule has 3 aliphatic rings. The molecule has 2 N–H and O–H groups in total. The predicted molar refractivity (Wildman–Crippen MR) is 184 cm³/mol. The van der Waals surface area contributed by atoms with Crippen molar-refractivity contribution in [2.24, 2.45) is 11.3 Å². The maximum Gasteiger partial charge on any atom is 0.250 e. The van der Waals surface area contributed by atoms with E-state index >= 15 is 0 Å². The first-order chi connectivity index (χ1) is 22.3. The van der Waals surface area contributed by atoms with Crippen LogP contribution in [0.25, 0.3) is 10.9 Å². The number of aromatic nitrogens is 1. The van der Waals surface area contributed by atoms with Crippen molar-refractivity contribution in [2.45, 2.75) is 70.9 Å². The largest absolute Gasteiger partial charge is 0.378 e. The SMILES string of the molecule is Cc1[nH]c2ccccc2c1[C@H]1[C@H](CC(=O)N(Cc2ccccc2)C2(C(=O)Nc3ccc(N4CCOCC4)cc3)CCCC2)C1(C)C. The van der Waals surface area contributed by atoms with Crippen molar-refractivity contribution >= 4 is 34.1 Å². The number of H-pyrrole nitrogens is 1. The quantitative estimate of drug-likeness (QED) is 0.205. The number of nitrogens with one attached hydrogen (secondary N) is 2. The van der Waals surface area contributed by atoms with Gasteiger partial charge in [-0.25, -0.2) is 0 Å². The molecule has 2 atom stereocenters. The van der Waals surface area contributed by atoms with E-state index in [0.29, 0.717) is 25.8 Å². The maximum absolute atomic E-state index is 14.6. The van der Waals surface area contributed by atoms with E-state index < -0.39 is 5.54 Å². The average Bonchev–Trinajstić information content (AvgIpc) is 3.42. The van der Waals surface area contributed by atoms with Crippen LogP contribution in [0.5, 0.6) is 0 Å². The fraction of sp³-hybridized carbons (Fsp3) is 0.436. The van der Waals surface area contributed by atoms with Gasteiger partial charge in [0.25, 0.3) is 0 Å². The van der Waals surface area contributed by atoms with Gasteiger partial charge in [0.15, 0.2) is 0 Å². The van der Waals surface area contributed by atoms with Crippen LogP contribution in [-0.4, -0.2) is 53.5 Å². The van der Waals surface area contributed by atoms with Crippen LogP contribution in [0.1, 0.15) is 68.7 Å². The molecule has 0 radical (unpaired) electrons. The normalized spacial score (nSPS) is 21.7. The Morgan fingerprint density at radius 1 is 0.935 bits per heavy atom. The van der Waals surface area contributed by atoms with E-state index in [-0.39, 0.29) is 29.1 Å². The second-order valence-electron chi connectivity index (χ2n) is 14.1. The number of benzene rings is 3. The van der Waals surface area contributed by atoms with Gasteiger partial charge in [-0.05, 0) is 78.5 Å². The second-order valence-corrected chi connectivity index (χ2v) is 14.1. The number of amides is 2. The van der Waals surface area contributed by atoms with E-state index in [2.05, 4.69) is 84.5 Å². The highest BCUT2D eigenvalue weighted by Crippen LogP contribution is 2.67. The van der Waals surface area contributed by atoms with Gasteiger partial charge in [0.05, 0.1) is 13.2 Å². The number of para-hydroxylation sites is 1. The monoisotopic (exact) mass is 618 g/mol. The Balaban J connectivity index is 1.15. The van der Waals surface area contributed by atoms with Crippen molar-refractivity contribution in [3.63, 3.8) is 0 Å². The summed E-state index contributed by atoms with van der Waals surface area (Å²) < 4.78 is 5.50. The van der Waals surface area contributed by atoms with E-state index in [0.717, 1.165) is 61.6 Å². The van der Waals surface area contributed by atoms with Crippen molar-refractivity contribution in [2.75, 3.05) is 36.5 Å². The molecule has 2 aliphatic carbocycles. The smallest absolute Gasteiger partial charge is 0.250 e. The van der Waals surface area contributed by atoms with E-state index in [1.54, 1.807) is 0 Å². The topological polar surface area (TPSA) is 77.7 Å². The summed E-state index contributed by atoms with van der Waals surface area (Å²) in [5.41, 5.74) is 5.70. The zero-order valence-electron chi connectivity index (χ0n) is 27.4. The third kappa shape index (κ3) is 5.59. The molecule has 4 aromatic rings. The number of morpholine rings is 1. The Morgan fingerprint density at radius 2 is 1.61 bits per heavy atom. The molecule has 2 saturated carbocycles. The number of aromatic amines is 1. The number of carbonyl (C=O) groups is 2. The average molecular weight is 619 g/mol. The van der Waals surface area contributed by atoms with Gasteiger partial charge >= 0.3 is 0 Å². The number of anilines is 2. The van der Waals surface area contributed by atoms with Gasteiger partial charge in [-0.15, -0.1) is 0 Å². The molecule has 240 valence electrons. The zero-order chi connectivity index (χ0) is 31.9. The number of aryl methyl sites for hydroxylation is 1. The van der Waals surface area contributed by atoms with Crippen LogP contribution in [0, 0.1) is 18.3 Å². The lowest BCUT2D eigenvalue weighted by Crippen LogP contribution is -2.57. The summed E-state index contributed by atoms with van der Waals surface area (Å²) in [4.78, 5) is 36.9. The van der Waals surface area contributed by atoms with Gasteiger partial charge < -0.3 is 24.8 Å². The number of nitrogens with zero attached hydrogens (tertiary/aromatic N) is 2. The highest BCUT2D eigenvalue weighted by atomic mass is 16.5. The highest BCUT2D eigenvalue weighted by Gasteiger charge is 2.60. The molecule has 0 bridgehead atoms. The summed E-state index contributed by atoms with van der Waals surface area (Å²) in [5.74, 6) is 0.476. The fourth-order valence-corrected chi connectivity index (χ4v) is 8.34. The van der Waals surface area contributed by atoms with E-state index in [4.69, 9.17) is 4.74 Å². The Labute approximate surface area is 272 Å². The summed E-state index contributed by atoms with van der Waals surface area (Å²) in [5, 5.41) is 4.49. The summed E-state index contributed by atoms with van der Waals surface area (Å²) in [6.45, 7) is 10.3. The van der Waals surface area contributed by atoms with Crippen LogP contribution in [0.4, 0.5) is 11.4 Å². The first kappa shape index (κ1) is 30.5. The molecule has 1 aromatic heterocycles. The lowest BCUT2D eigenvalue weighted by Gasteiger charge is -2.40. The number of carbonyl (C=O) groups excluding carboxylic acids is 2. The van der Waals surface area contributed by atoms with Crippen LogP contribution < -0.4 is 10.2 Å². The molecular formula is C39H46N4O3. The standard InChI is InChI=1S/C39H46N4O3/c1-27-35(31-13-7-8-14-33(31)40-27)36-32(38(36,2)3)25-34(44)43(26-28-11-5-4-6-12-28)39(19-9-10-20-39)37(45)41-29-15-17-30(18-16-29)42-21-23-46-24-22-42/h4-8,11-18,32,36,40H,9-10,19-26H2,1-3H3,(H,41,45)/t32-,36+/m0/s1. The van der Waals surface area contributed by atoms with E-state index in [1.165, 1.54) is 16.6 Å². The molecule has 1 saturated heterocycles. The first-order valence-corrected chi connectivity index (χ1v) is 16.9. The van der Waals surface area contributed by atoms with Crippen molar-refractivity contribution in [1.82, 2.24) is 9.88 Å². The summed E-state index contributed by atoms with van der Waals surface area (Å²) in [7, 11) is 0. The highest BCUT2D eigenvalue weighted by molar-refractivity contribution is 6.01. The zero-order valence-corrected chi connectivity index (χ0v) is 27.4. The van der Waals surface area contributed by atoms with Gasteiger partial charge in [-0.1, -0.05) is 75.2 Å². The van der Waals surface area contributed by atoms with Gasteiger partial charge in [0.1, 0.15) is 5.54 Å². The minimum Gasteiger partial charge on any atom is -0.378 e. The van der Waals surface area contributed by atoms with Gasteiger partial charge in [-0.2, -0.15) is 0 Å². The van der Waals surface area contributed by atoms with Crippen LogP contribution in [0.15, 0.2) is 78.9 Å². The number of hydrogen-bond donors (Lipinski definition) is 2. The molecule has 7 heteroatoms. The number of fused-ring (bicyclic) bond motifs is 1. The summed E-state index contributed by atoms with van der Waals surface area (Å²) >= 11 is 0. The molecule has 7 rings (SSSR count). The fourth-order valence-electron chi connectivity index (χ4n) is 8.34.